The molecule has 0 spiro atoms. The molecule has 0 saturated heterocycles. The number of hydrogen-bond donors (Lipinski definition) is 1. The Morgan fingerprint density at radius 1 is 0.941 bits per heavy atom. The number of carbonyl (C=O) groups excluding carboxylic acids is 1. The van der Waals surface area contributed by atoms with Gasteiger partial charge in [-0.15, -0.1) is 0 Å². The molecule has 3 aromatic carbocycles. The van der Waals surface area contributed by atoms with E-state index in [0.717, 1.165) is 28.0 Å². The van der Waals surface area contributed by atoms with Gasteiger partial charge in [0.15, 0.2) is 0 Å². The van der Waals surface area contributed by atoms with Crippen molar-refractivity contribution in [3.05, 3.63) is 94.5 Å². The summed E-state index contributed by atoms with van der Waals surface area (Å²) < 4.78 is 31.4. The molecule has 178 valence electrons. The van der Waals surface area contributed by atoms with E-state index in [1.807, 2.05) is 50.2 Å². The molecule has 1 amide bonds. The number of methoxy groups -OCH3 is 1. The van der Waals surface area contributed by atoms with E-state index in [-0.39, 0.29) is 12.5 Å². The number of amides is 1. The van der Waals surface area contributed by atoms with Crippen molar-refractivity contribution in [1.29, 1.82) is 0 Å². The summed E-state index contributed by atoms with van der Waals surface area (Å²) in [5.74, 6) is 0.390. The normalized spacial score (nSPS) is 11.7. The first-order chi connectivity index (χ1) is 16.1. The Hall–Kier alpha value is -3.65. The van der Waals surface area contributed by atoms with Crippen LogP contribution in [0.15, 0.2) is 71.8 Å². The van der Waals surface area contributed by atoms with Crippen molar-refractivity contribution in [1.82, 2.24) is 5.43 Å². The predicted molar refractivity (Wildman–Crippen MR) is 136 cm³/mol. The number of carbonyl (C=O) groups is 1. The van der Waals surface area contributed by atoms with Crippen molar-refractivity contribution in [3.63, 3.8) is 0 Å². The molecule has 7 nitrogen and oxygen atoms in total. The number of ether oxygens (including phenoxy) is 1. The highest BCUT2D eigenvalue weighted by molar-refractivity contribution is 7.92. The fraction of sp³-hybridized carbons (Fsp3) is 0.231. The van der Waals surface area contributed by atoms with Gasteiger partial charge in [0.05, 0.1) is 31.3 Å². The molecule has 0 atom stereocenters. The van der Waals surface area contributed by atoms with Gasteiger partial charge in [0.1, 0.15) is 5.75 Å². The zero-order chi connectivity index (χ0) is 24.9. The highest BCUT2D eigenvalue weighted by atomic mass is 32.2. The Kier molecular flexibility index (Phi) is 7.73. The zero-order valence-electron chi connectivity index (χ0n) is 20.0. The Bertz CT molecular complexity index is 1300. The molecule has 0 radical (unpaired) electrons. The van der Waals surface area contributed by atoms with Gasteiger partial charge in [-0.3, -0.25) is 9.10 Å². The van der Waals surface area contributed by atoms with Crippen LogP contribution in [0.4, 0.5) is 5.69 Å². The van der Waals surface area contributed by atoms with Crippen molar-refractivity contribution in [2.24, 2.45) is 5.10 Å². The van der Waals surface area contributed by atoms with Crippen molar-refractivity contribution in [2.45, 2.75) is 27.3 Å². The van der Waals surface area contributed by atoms with E-state index in [1.54, 1.807) is 44.4 Å². The first kappa shape index (κ1) is 25.0. The third-order valence-electron chi connectivity index (χ3n) is 5.55. The Balaban J connectivity index is 1.71. The molecule has 1 N–H and O–H groups in total. The highest BCUT2D eigenvalue weighted by Gasteiger charge is 2.18. The summed E-state index contributed by atoms with van der Waals surface area (Å²) in [5.41, 5.74) is 7.99. The summed E-state index contributed by atoms with van der Waals surface area (Å²) in [6.45, 7) is 5.90. The maximum absolute atomic E-state index is 12.5. The third-order valence-corrected chi connectivity index (χ3v) is 6.69. The number of nitrogens with one attached hydrogen (secondary N) is 1. The number of hydrazone groups is 1. The number of hydrogen-bond acceptors (Lipinski definition) is 5. The Morgan fingerprint density at radius 2 is 1.56 bits per heavy atom. The van der Waals surface area contributed by atoms with Crippen LogP contribution in [0, 0.1) is 13.8 Å². The molecule has 0 aliphatic rings. The molecule has 0 bridgehead atoms. The minimum atomic E-state index is -3.49. The fourth-order valence-corrected chi connectivity index (χ4v) is 4.18. The summed E-state index contributed by atoms with van der Waals surface area (Å²) in [6.07, 6.45) is 1.19. The average molecular weight is 480 g/mol. The minimum absolute atomic E-state index is 0.165. The van der Waals surface area contributed by atoms with Gasteiger partial charge in [0, 0.05) is 5.56 Å². The molecule has 8 heteroatoms. The van der Waals surface area contributed by atoms with Gasteiger partial charge >= 0.3 is 0 Å². The number of benzene rings is 3. The van der Waals surface area contributed by atoms with Crippen molar-refractivity contribution < 1.29 is 17.9 Å². The molecular formula is C26H29N3O4S. The molecular weight excluding hydrogens is 450 g/mol. The lowest BCUT2D eigenvalue weighted by molar-refractivity contribution is 0.0955. The minimum Gasteiger partial charge on any atom is -0.497 e. The molecule has 0 fully saturated rings. The molecule has 0 unspecified atom stereocenters. The van der Waals surface area contributed by atoms with Gasteiger partial charge < -0.3 is 4.74 Å². The standard InChI is InChI=1S/C26H29N3O4S/c1-18-6-13-24(16-19(18)2)29(34(5,31)32)17-21-7-9-23(10-8-21)26(30)28-27-20(3)22-11-14-25(33-4)15-12-22/h6-16H,17H2,1-5H3,(H,28,30)/b27-20-. The maximum Gasteiger partial charge on any atom is 0.271 e. The lowest BCUT2D eigenvalue weighted by Crippen LogP contribution is -2.29. The number of anilines is 1. The maximum atomic E-state index is 12.5. The van der Waals surface area contributed by atoms with Crippen LogP contribution in [0.3, 0.4) is 0 Å². The van der Waals surface area contributed by atoms with E-state index in [9.17, 15) is 13.2 Å². The van der Waals surface area contributed by atoms with Crippen molar-refractivity contribution >= 4 is 27.3 Å². The second-order valence-corrected chi connectivity index (χ2v) is 10.0. The Morgan fingerprint density at radius 3 is 2.12 bits per heavy atom. The quantitative estimate of drug-likeness (QED) is 0.382. The summed E-state index contributed by atoms with van der Waals surface area (Å²) >= 11 is 0. The van der Waals surface area contributed by atoms with E-state index < -0.39 is 10.0 Å². The van der Waals surface area contributed by atoms with Crippen molar-refractivity contribution in [3.8, 4) is 5.75 Å². The van der Waals surface area contributed by atoms with Crippen LogP contribution in [0.2, 0.25) is 0 Å². The Labute approximate surface area is 201 Å². The second-order valence-electron chi connectivity index (χ2n) is 8.10. The zero-order valence-corrected chi connectivity index (χ0v) is 20.8. The SMILES string of the molecule is COc1ccc(/C(C)=N\NC(=O)c2ccc(CN(c3ccc(C)c(C)c3)S(C)(=O)=O)cc2)cc1. The second kappa shape index (κ2) is 10.5. The van der Waals surface area contributed by atoms with Gasteiger partial charge in [-0.1, -0.05) is 18.2 Å². The van der Waals surface area contributed by atoms with Gasteiger partial charge in [-0.2, -0.15) is 5.10 Å². The van der Waals surface area contributed by atoms with Gasteiger partial charge in [0.25, 0.3) is 5.91 Å². The lowest BCUT2D eigenvalue weighted by atomic mass is 10.1. The highest BCUT2D eigenvalue weighted by Crippen LogP contribution is 2.23. The van der Waals surface area contributed by atoms with E-state index in [1.165, 1.54) is 10.6 Å². The number of aryl methyl sites for hydroxylation is 2. The van der Waals surface area contributed by atoms with Crippen LogP contribution in [0.5, 0.6) is 5.75 Å². The van der Waals surface area contributed by atoms with Crippen LogP contribution < -0.4 is 14.5 Å². The molecule has 0 saturated carbocycles. The van der Waals surface area contributed by atoms with Crippen LogP contribution in [0.1, 0.15) is 39.5 Å². The van der Waals surface area contributed by atoms with Crippen LogP contribution in [-0.4, -0.2) is 33.4 Å². The topological polar surface area (TPSA) is 88.1 Å². The van der Waals surface area contributed by atoms with E-state index in [4.69, 9.17) is 4.74 Å². The monoisotopic (exact) mass is 479 g/mol. The number of sulfonamides is 1. The summed E-state index contributed by atoms with van der Waals surface area (Å²) in [7, 11) is -1.89. The number of rotatable bonds is 8. The van der Waals surface area contributed by atoms with Gasteiger partial charge in [-0.25, -0.2) is 13.8 Å². The number of nitrogens with zero attached hydrogens (tertiary/aromatic N) is 2. The predicted octanol–water partition coefficient (Wildman–Crippen LogP) is 4.43. The van der Waals surface area contributed by atoms with Gasteiger partial charge in [-0.05, 0) is 91.6 Å². The molecule has 3 rings (SSSR count). The van der Waals surface area contributed by atoms with Crippen LogP contribution >= 0.6 is 0 Å². The summed E-state index contributed by atoms with van der Waals surface area (Å²) in [5, 5.41) is 4.17. The van der Waals surface area contributed by atoms with E-state index in [0.29, 0.717) is 17.0 Å². The summed E-state index contributed by atoms with van der Waals surface area (Å²) in [6, 6.07) is 19.7. The average Bonchev–Trinajstić information content (AvgIpc) is 2.82. The van der Waals surface area contributed by atoms with Crippen LogP contribution in [-0.2, 0) is 16.6 Å². The first-order valence-corrected chi connectivity index (χ1v) is 12.6. The molecule has 0 aromatic heterocycles. The summed E-state index contributed by atoms with van der Waals surface area (Å²) in [4.78, 5) is 12.5. The smallest absolute Gasteiger partial charge is 0.271 e. The molecule has 0 aliphatic carbocycles. The molecule has 0 aliphatic heterocycles. The van der Waals surface area contributed by atoms with Crippen LogP contribution in [0.25, 0.3) is 0 Å². The van der Waals surface area contributed by atoms with E-state index >= 15 is 0 Å². The van der Waals surface area contributed by atoms with Crippen molar-refractivity contribution in [2.75, 3.05) is 17.7 Å². The molecule has 3 aromatic rings. The molecule has 0 heterocycles. The van der Waals surface area contributed by atoms with Gasteiger partial charge in [0.2, 0.25) is 10.0 Å². The lowest BCUT2D eigenvalue weighted by Gasteiger charge is -2.23. The molecule has 34 heavy (non-hydrogen) atoms. The largest absolute Gasteiger partial charge is 0.497 e. The third kappa shape index (κ3) is 6.23. The fourth-order valence-electron chi connectivity index (χ4n) is 3.30. The first-order valence-electron chi connectivity index (χ1n) is 10.7. The van der Waals surface area contributed by atoms with E-state index in [2.05, 4.69) is 10.5 Å².